The zero-order chi connectivity index (χ0) is 20.5. The van der Waals surface area contributed by atoms with Gasteiger partial charge in [-0.3, -0.25) is 4.68 Å². The molecule has 3 heterocycles. The van der Waals surface area contributed by atoms with E-state index in [2.05, 4.69) is 80.8 Å². The van der Waals surface area contributed by atoms with Crippen LogP contribution in [0.1, 0.15) is 0 Å². The molecule has 0 saturated carbocycles. The van der Waals surface area contributed by atoms with Crippen LogP contribution in [0.15, 0.2) is 67.0 Å². The van der Waals surface area contributed by atoms with Crippen molar-refractivity contribution in [2.45, 2.75) is 0 Å². The smallest absolute Gasteiger partial charge is 0.130 e. The van der Waals surface area contributed by atoms with Gasteiger partial charge in [0.25, 0.3) is 0 Å². The number of nitrogens with zero attached hydrogens (tertiary/aromatic N) is 5. The standard InChI is InChI=1S/C24H26N6/c1-28-10-12-30(13-11-28)22-5-3-4-21(16-22)27-24-15-19(8-9-25-24)18-6-7-23-20(14-18)17-26-29(23)2/h3-9,14-17H,10-13H2,1-2H3,(H,25,27). The van der Waals surface area contributed by atoms with Crippen molar-refractivity contribution in [2.24, 2.45) is 7.05 Å². The van der Waals surface area contributed by atoms with Crippen LogP contribution in [0.25, 0.3) is 22.0 Å². The Bertz CT molecular complexity index is 1170. The molecule has 2 aromatic heterocycles. The van der Waals surface area contributed by atoms with Crippen LogP contribution in [0.2, 0.25) is 0 Å². The largest absolute Gasteiger partial charge is 0.369 e. The quantitative estimate of drug-likeness (QED) is 0.560. The van der Waals surface area contributed by atoms with E-state index in [0.29, 0.717) is 0 Å². The Morgan fingerprint density at radius 3 is 2.57 bits per heavy atom. The average molecular weight is 399 g/mol. The molecule has 30 heavy (non-hydrogen) atoms. The number of aryl methyl sites for hydroxylation is 1. The average Bonchev–Trinajstić information content (AvgIpc) is 3.15. The molecule has 0 unspecified atom stereocenters. The Balaban J connectivity index is 1.37. The molecule has 0 amide bonds. The number of aromatic nitrogens is 3. The van der Waals surface area contributed by atoms with Gasteiger partial charge in [-0.05, 0) is 60.6 Å². The van der Waals surface area contributed by atoms with E-state index in [1.165, 1.54) is 5.69 Å². The van der Waals surface area contributed by atoms with Crippen molar-refractivity contribution >= 4 is 28.1 Å². The maximum Gasteiger partial charge on any atom is 0.130 e. The lowest BCUT2D eigenvalue weighted by Crippen LogP contribution is -2.44. The fraction of sp³-hybridized carbons (Fsp3) is 0.250. The lowest BCUT2D eigenvalue weighted by atomic mass is 10.1. The van der Waals surface area contributed by atoms with Gasteiger partial charge in [-0.2, -0.15) is 5.10 Å². The van der Waals surface area contributed by atoms with E-state index in [4.69, 9.17) is 0 Å². The molecule has 6 heteroatoms. The fourth-order valence-electron chi connectivity index (χ4n) is 4.01. The van der Waals surface area contributed by atoms with Gasteiger partial charge in [0.05, 0.1) is 11.7 Å². The number of pyridine rings is 1. The molecular weight excluding hydrogens is 372 g/mol. The van der Waals surface area contributed by atoms with Crippen molar-refractivity contribution in [2.75, 3.05) is 43.4 Å². The molecule has 0 aliphatic carbocycles. The molecule has 0 bridgehead atoms. The molecule has 0 spiro atoms. The molecule has 2 aromatic carbocycles. The third kappa shape index (κ3) is 3.74. The van der Waals surface area contributed by atoms with Crippen LogP contribution in [0.5, 0.6) is 0 Å². The summed E-state index contributed by atoms with van der Waals surface area (Å²) in [6.07, 6.45) is 3.76. The van der Waals surface area contributed by atoms with Crippen LogP contribution in [0, 0.1) is 0 Å². The Kier molecular flexibility index (Phi) is 4.85. The lowest BCUT2D eigenvalue weighted by molar-refractivity contribution is 0.313. The summed E-state index contributed by atoms with van der Waals surface area (Å²) in [6.45, 7) is 4.32. The highest BCUT2D eigenvalue weighted by Crippen LogP contribution is 2.27. The Morgan fingerprint density at radius 1 is 0.867 bits per heavy atom. The van der Waals surface area contributed by atoms with Crippen molar-refractivity contribution in [3.05, 3.63) is 67.0 Å². The van der Waals surface area contributed by atoms with E-state index in [1.807, 2.05) is 30.2 Å². The van der Waals surface area contributed by atoms with Gasteiger partial charge in [0.1, 0.15) is 5.82 Å². The zero-order valence-corrected chi connectivity index (χ0v) is 17.4. The minimum Gasteiger partial charge on any atom is -0.369 e. The van der Waals surface area contributed by atoms with Crippen LogP contribution >= 0.6 is 0 Å². The van der Waals surface area contributed by atoms with Gasteiger partial charge >= 0.3 is 0 Å². The first-order valence-corrected chi connectivity index (χ1v) is 10.3. The number of nitrogens with one attached hydrogen (secondary N) is 1. The maximum absolute atomic E-state index is 4.53. The highest BCUT2D eigenvalue weighted by atomic mass is 15.3. The van der Waals surface area contributed by atoms with E-state index < -0.39 is 0 Å². The van der Waals surface area contributed by atoms with Crippen LogP contribution < -0.4 is 10.2 Å². The van der Waals surface area contributed by atoms with Gasteiger partial charge in [0.2, 0.25) is 0 Å². The van der Waals surface area contributed by atoms with Crippen LogP contribution in [-0.4, -0.2) is 52.9 Å². The molecule has 1 aliphatic rings. The summed E-state index contributed by atoms with van der Waals surface area (Å²) >= 11 is 0. The second kappa shape index (κ2) is 7.80. The number of piperazine rings is 1. The Hall–Kier alpha value is -3.38. The Labute approximate surface area is 176 Å². The number of anilines is 3. The molecule has 4 aromatic rings. The molecule has 0 atom stereocenters. The van der Waals surface area contributed by atoms with Crippen molar-refractivity contribution in [1.82, 2.24) is 19.7 Å². The normalized spacial score (nSPS) is 14.9. The van der Waals surface area contributed by atoms with Crippen molar-refractivity contribution in [3.8, 4) is 11.1 Å². The first-order valence-electron chi connectivity index (χ1n) is 10.3. The summed E-state index contributed by atoms with van der Waals surface area (Å²) in [5.41, 5.74) is 5.73. The van der Waals surface area contributed by atoms with Gasteiger partial charge in [0, 0.05) is 56.2 Å². The Morgan fingerprint density at radius 2 is 1.70 bits per heavy atom. The summed E-state index contributed by atoms with van der Waals surface area (Å²) < 4.78 is 1.89. The van der Waals surface area contributed by atoms with Crippen molar-refractivity contribution in [1.29, 1.82) is 0 Å². The number of hydrogen-bond donors (Lipinski definition) is 1. The van der Waals surface area contributed by atoms with E-state index >= 15 is 0 Å². The molecule has 1 aliphatic heterocycles. The summed E-state index contributed by atoms with van der Waals surface area (Å²) in [5.74, 6) is 0.842. The van der Waals surface area contributed by atoms with Gasteiger partial charge in [-0.25, -0.2) is 4.98 Å². The minimum atomic E-state index is 0.842. The predicted octanol–water partition coefficient (Wildman–Crippen LogP) is 4.13. The molecule has 1 saturated heterocycles. The summed E-state index contributed by atoms with van der Waals surface area (Å²) in [7, 11) is 4.15. The van der Waals surface area contributed by atoms with Gasteiger partial charge < -0.3 is 15.1 Å². The second-order valence-electron chi connectivity index (χ2n) is 7.94. The third-order valence-corrected chi connectivity index (χ3v) is 5.83. The highest BCUT2D eigenvalue weighted by Gasteiger charge is 2.14. The van der Waals surface area contributed by atoms with Crippen LogP contribution in [-0.2, 0) is 7.05 Å². The number of fused-ring (bicyclic) bond motifs is 1. The van der Waals surface area contributed by atoms with E-state index in [9.17, 15) is 0 Å². The lowest BCUT2D eigenvalue weighted by Gasteiger charge is -2.34. The molecule has 1 N–H and O–H groups in total. The molecule has 5 rings (SSSR count). The molecule has 0 radical (unpaired) electrons. The maximum atomic E-state index is 4.53. The number of benzene rings is 2. The molecule has 152 valence electrons. The topological polar surface area (TPSA) is 49.2 Å². The number of likely N-dealkylation sites (N-methyl/N-ethyl adjacent to an activating group) is 1. The second-order valence-corrected chi connectivity index (χ2v) is 7.94. The van der Waals surface area contributed by atoms with Gasteiger partial charge in [0.15, 0.2) is 0 Å². The fourth-order valence-corrected chi connectivity index (χ4v) is 4.01. The molecule has 6 nitrogen and oxygen atoms in total. The first kappa shape index (κ1) is 18.6. The molecule has 1 fully saturated rings. The van der Waals surface area contributed by atoms with Gasteiger partial charge in [-0.15, -0.1) is 0 Å². The SMILES string of the molecule is CN1CCN(c2cccc(Nc3cc(-c4ccc5c(cnn5C)c4)ccn3)c2)CC1. The summed E-state index contributed by atoms with van der Waals surface area (Å²) in [5, 5.41) is 8.96. The first-order chi connectivity index (χ1) is 14.7. The summed E-state index contributed by atoms with van der Waals surface area (Å²) in [6, 6.07) is 19.2. The van der Waals surface area contributed by atoms with Crippen LogP contribution in [0.3, 0.4) is 0 Å². The van der Waals surface area contributed by atoms with Gasteiger partial charge in [-0.1, -0.05) is 12.1 Å². The highest BCUT2D eigenvalue weighted by molar-refractivity contribution is 5.85. The predicted molar refractivity (Wildman–Crippen MR) is 123 cm³/mol. The zero-order valence-electron chi connectivity index (χ0n) is 17.4. The minimum absolute atomic E-state index is 0.842. The number of hydrogen-bond acceptors (Lipinski definition) is 5. The van der Waals surface area contributed by atoms with Crippen molar-refractivity contribution < 1.29 is 0 Å². The van der Waals surface area contributed by atoms with E-state index in [0.717, 1.165) is 59.7 Å². The van der Waals surface area contributed by atoms with Crippen LogP contribution in [0.4, 0.5) is 17.2 Å². The van der Waals surface area contributed by atoms with E-state index in [-0.39, 0.29) is 0 Å². The van der Waals surface area contributed by atoms with E-state index in [1.54, 1.807) is 0 Å². The summed E-state index contributed by atoms with van der Waals surface area (Å²) in [4.78, 5) is 9.35. The molecular formula is C24H26N6. The van der Waals surface area contributed by atoms with Crippen molar-refractivity contribution in [3.63, 3.8) is 0 Å². The monoisotopic (exact) mass is 398 g/mol. The number of rotatable bonds is 4. The third-order valence-electron chi connectivity index (χ3n) is 5.83.